The minimum absolute atomic E-state index is 0.0748. The van der Waals surface area contributed by atoms with Crippen LogP contribution in [0.25, 0.3) is 5.65 Å². The maximum absolute atomic E-state index is 12.1. The number of aryl methyl sites for hydroxylation is 1. The molecule has 1 aromatic carbocycles. The van der Waals surface area contributed by atoms with Crippen molar-refractivity contribution in [1.82, 2.24) is 9.38 Å². The van der Waals surface area contributed by atoms with Crippen LogP contribution in [0.4, 0.5) is 0 Å². The van der Waals surface area contributed by atoms with Crippen molar-refractivity contribution in [3.05, 3.63) is 75.8 Å². The Morgan fingerprint density at radius 2 is 1.93 bits per heavy atom. The van der Waals surface area contributed by atoms with Crippen LogP contribution in [-0.4, -0.2) is 22.0 Å². The Morgan fingerprint density at radius 3 is 2.63 bits per heavy atom. The van der Waals surface area contributed by atoms with Crippen molar-refractivity contribution in [2.45, 2.75) is 33.3 Å². The van der Waals surface area contributed by atoms with Gasteiger partial charge in [-0.1, -0.05) is 32.0 Å². The molecule has 0 aliphatic carbocycles. The van der Waals surface area contributed by atoms with Gasteiger partial charge in [0.05, 0.1) is 5.69 Å². The van der Waals surface area contributed by atoms with Gasteiger partial charge in [0, 0.05) is 12.3 Å². The SMILES string of the molecule is Cc1cccn2c(=O)cc(COC(=O)COc3ccc(C(C)C)cc3)nc12. The number of rotatable bonds is 6. The number of benzene rings is 1. The topological polar surface area (TPSA) is 69.9 Å². The minimum Gasteiger partial charge on any atom is -0.482 e. The molecule has 3 aromatic rings. The first kappa shape index (κ1) is 18.6. The van der Waals surface area contributed by atoms with Gasteiger partial charge >= 0.3 is 5.97 Å². The van der Waals surface area contributed by atoms with E-state index in [1.54, 1.807) is 12.3 Å². The molecular weight excluding hydrogens is 344 g/mol. The second-order valence-corrected chi connectivity index (χ2v) is 6.64. The van der Waals surface area contributed by atoms with Gasteiger partial charge in [-0.2, -0.15) is 0 Å². The van der Waals surface area contributed by atoms with E-state index in [0.29, 0.717) is 23.0 Å². The molecule has 0 fully saturated rings. The van der Waals surface area contributed by atoms with Crippen LogP contribution in [0.15, 0.2) is 53.5 Å². The molecule has 0 bridgehead atoms. The molecule has 6 nitrogen and oxygen atoms in total. The van der Waals surface area contributed by atoms with Gasteiger partial charge in [0.2, 0.25) is 0 Å². The maximum atomic E-state index is 12.1. The molecule has 3 rings (SSSR count). The number of hydrogen-bond donors (Lipinski definition) is 0. The van der Waals surface area contributed by atoms with Crippen LogP contribution >= 0.6 is 0 Å². The molecule has 6 heteroatoms. The summed E-state index contributed by atoms with van der Waals surface area (Å²) in [6, 6.07) is 12.6. The molecule has 0 aliphatic heterocycles. The van der Waals surface area contributed by atoms with Gasteiger partial charge in [0.25, 0.3) is 5.56 Å². The van der Waals surface area contributed by atoms with E-state index in [0.717, 1.165) is 5.56 Å². The van der Waals surface area contributed by atoms with Crippen molar-refractivity contribution in [2.24, 2.45) is 0 Å². The summed E-state index contributed by atoms with van der Waals surface area (Å²) in [5, 5.41) is 0. The zero-order valence-corrected chi connectivity index (χ0v) is 15.6. The van der Waals surface area contributed by atoms with Crippen molar-refractivity contribution in [3.63, 3.8) is 0 Å². The molecule has 2 aromatic heterocycles. The number of hydrogen-bond acceptors (Lipinski definition) is 5. The quantitative estimate of drug-likeness (QED) is 0.627. The van der Waals surface area contributed by atoms with Crippen molar-refractivity contribution in [1.29, 1.82) is 0 Å². The Labute approximate surface area is 157 Å². The van der Waals surface area contributed by atoms with Crippen LogP contribution in [0, 0.1) is 6.92 Å². The van der Waals surface area contributed by atoms with Crippen molar-refractivity contribution in [2.75, 3.05) is 6.61 Å². The molecule has 140 valence electrons. The first-order valence-electron chi connectivity index (χ1n) is 8.80. The summed E-state index contributed by atoms with van der Waals surface area (Å²) in [4.78, 5) is 28.5. The number of carbonyl (C=O) groups excluding carboxylic acids is 1. The summed E-state index contributed by atoms with van der Waals surface area (Å²) in [6.07, 6.45) is 1.66. The summed E-state index contributed by atoms with van der Waals surface area (Å²) in [7, 11) is 0. The minimum atomic E-state index is -0.519. The lowest BCUT2D eigenvalue weighted by molar-refractivity contribution is -0.147. The van der Waals surface area contributed by atoms with E-state index in [2.05, 4.69) is 18.8 Å². The molecule has 0 atom stereocenters. The van der Waals surface area contributed by atoms with Gasteiger partial charge in [-0.25, -0.2) is 9.78 Å². The highest BCUT2D eigenvalue weighted by molar-refractivity contribution is 5.71. The van der Waals surface area contributed by atoms with Gasteiger partial charge in [-0.05, 0) is 42.2 Å². The third kappa shape index (κ3) is 4.53. The lowest BCUT2D eigenvalue weighted by Gasteiger charge is -2.09. The first-order chi connectivity index (χ1) is 12.9. The van der Waals surface area contributed by atoms with Crippen molar-refractivity contribution < 1.29 is 14.3 Å². The average Bonchev–Trinajstić information content (AvgIpc) is 2.66. The Kier molecular flexibility index (Phi) is 5.54. The van der Waals surface area contributed by atoms with Gasteiger partial charge in [0.1, 0.15) is 18.0 Å². The fraction of sp³-hybridized carbons (Fsp3) is 0.286. The number of carbonyl (C=O) groups is 1. The Hall–Kier alpha value is -3.15. The number of nitrogens with zero attached hydrogens (tertiary/aromatic N) is 2. The van der Waals surface area contributed by atoms with Crippen molar-refractivity contribution >= 4 is 11.6 Å². The second-order valence-electron chi connectivity index (χ2n) is 6.64. The highest BCUT2D eigenvalue weighted by Crippen LogP contribution is 2.18. The third-order valence-electron chi connectivity index (χ3n) is 4.22. The predicted molar refractivity (Wildman–Crippen MR) is 102 cm³/mol. The molecule has 27 heavy (non-hydrogen) atoms. The van der Waals surface area contributed by atoms with Crippen LogP contribution < -0.4 is 10.3 Å². The molecule has 2 heterocycles. The predicted octanol–water partition coefficient (Wildman–Crippen LogP) is 3.25. The second kappa shape index (κ2) is 8.03. The number of ether oxygens (including phenoxy) is 2. The number of esters is 1. The summed E-state index contributed by atoms with van der Waals surface area (Å²) in [5.41, 5.74) is 2.82. The van der Waals surface area contributed by atoms with Gasteiger partial charge < -0.3 is 9.47 Å². The molecular formula is C21H22N2O4. The highest BCUT2D eigenvalue weighted by atomic mass is 16.6. The van der Waals surface area contributed by atoms with E-state index in [1.807, 2.05) is 37.3 Å². The van der Waals surface area contributed by atoms with E-state index >= 15 is 0 Å². The van der Waals surface area contributed by atoms with Gasteiger partial charge in [-0.15, -0.1) is 0 Å². The van der Waals surface area contributed by atoms with Crippen LogP contribution in [0.1, 0.15) is 36.6 Å². The maximum Gasteiger partial charge on any atom is 0.344 e. The molecule has 0 unspecified atom stereocenters. The molecule has 0 aliphatic rings. The lowest BCUT2D eigenvalue weighted by Crippen LogP contribution is -2.19. The van der Waals surface area contributed by atoms with Crippen LogP contribution in [-0.2, 0) is 16.1 Å². The van der Waals surface area contributed by atoms with Crippen LogP contribution in [0.5, 0.6) is 5.75 Å². The summed E-state index contributed by atoms with van der Waals surface area (Å²) >= 11 is 0. The smallest absolute Gasteiger partial charge is 0.344 e. The molecule has 0 radical (unpaired) electrons. The lowest BCUT2D eigenvalue weighted by atomic mass is 10.0. The summed E-state index contributed by atoms with van der Waals surface area (Å²) in [6.45, 7) is 5.82. The fourth-order valence-corrected chi connectivity index (χ4v) is 2.67. The summed E-state index contributed by atoms with van der Waals surface area (Å²) in [5.74, 6) is 0.523. The van der Waals surface area contributed by atoms with Crippen LogP contribution in [0.2, 0.25) is 0 Å². The first-order valence-corrected chi connectivity index (χ1v) is 8.80. The Bertz CT molecular complexity index is 1010. The van der Waals surface area contributed by atoms with Crippen molar-refractivity contribution in [3.8, 4) is 5.75 Å². The Morgan fingerprint density at radius 1 is 1.19 bits per heavy atom. The number of fused-ring (bicyclic) bond motifs is 1. The highest BCUT2D eigenvalue weighted by Gasteiger charge is 2.09. The molecule has 0 saturated carbocycles. The van der Waals surface area contributed by atoms with E-state index in [-0.39, 0.29) is 18.8 Å². The zero-order chi connectivity index (χ0) is 19.4. The molecule has 0 amide bonds. The molecule has 0 spiro atoms. The Balaban J connectivity index is 1.58. The fourth-order valence-electron chi connectivity index (χ4n) is 2.67. The van der Waals surface area contributed by atoms with Crippen LogP contribution in [0.3, 0.4) is 0 Å². The number of aromatic nitrogens is 2. The summed E-state index contributed by atoms with van der Waals surface area (Å²) < 4.78 is 12.1. The molecule has 0 N–H and O–H groups in total. The monoisotopic (exact) mass is 366 g/mol. The van der Waals surface area contributed by atoms with E-state index in [1.165, 1.54) is 16.0 Å². The number of pyridine rings is 1. The standard InChI is InChI=1S/C21H22N2O4/c1-14(2)16-6-8-18(9-7-16)26-13-20(25)27-12-17-11-19(24)23-10-4-5-15(3)21(23)22-17/h4-11,14H,12-13H2,1-3H3. The van der Waals surface area contributed by atoms with E-state index in [4.69, 9.17) is 9.47 Å². The normalized spacial score (nSPS) is 11.0. The zero-order valence-electron chi connectivity index (χ0n) is 15.6. The van der Waals surface area contributed by atoms with E-state index < -0.39 is 5.97 Å². The third-order valence-corrected chi connectivity index (χ3v) is 4.22. The van der Waals surface area contributed by atoms with E-state index in [9.17, 15) is 9.59 Å². The largest absolute Gasteiger partial charge is 0.482 e. The average molecular weight is 366 g/mol. The van der Waals surface area contributed by atoms with Gasteiger partial charge in [0.15, 0.2) is 6.61 Å². The molecule has 0 saturated heterocycles. The van der Waals surface area contributed by atoms with Gasteiger partial charge in [-0.3, -0.25) is 9.20 Å².